The summed E-state index contributed by atoms with van der Waals surface area (Å²) in [6.45, 7) is -0.327. The molecule has 0 heterocycles. The van der Waals surface area contributed by atoms with Crippen LogP contribution in [0, 0.1) is 0 Å². The van der Waals surface area contributed by atoms with Crippen molar-refractivity contribution >= 4 is 15.9 Å². The van der Waals surface area contributed by atoms with E-state index < -0.39 is 28.1 Å². The zero-order chi connectivity index (χ0) is 10.5. The zero-order valence-electron chi connectivity index (χ0n) is 6.88. The SMILES string of the molecule is CNS(=O)(=O)CCNC(=O)C(F)F. The van der Waals surface area contributed by atoms with Crippen LogP contribution in [0.25, 0.3) is 0 Å². The van der Waals surface area contributed by atoms with Crippen molar-refractivity contribution in [2.24, 2.45) is 0 Å². The molecule has 13 heavy (non-hydrogen) atoms. The van der Waals surface area contributed by atoms with E-state index in [-0.39, 0.29) is 6.54 Å². The van der Waals surface area contributed by atoms with E-state index in [1.807, 2.05) is 4.72 Å². The van der Waals surface area contributed by atoms with Gasteiger partial charge >= 0.3 is 6.43 Å². The first-order valence-electron chi connectivity index (χ1n) is 3.36. The van der Waals surface area contributed by atoms with Crippen LogP contribution >= 0.6 is 0 Å². The zero-order valence-corrected chi connectivity index (χ0v) is 7.70. The van der Waals surface area contributed by atoms with Gasteiger partial charge in [0.15, 0.2) is 0 Å². The third-order valence-electron chi connectivity index (χ3n) is 1.18. The number of rotatable bonds is 5. The van der Waals surface area contributed by atoms with Crippen LogP contribution in [0.2, 0.25) is 0 Å². The number of alkyl halides is 2. The molecule has 0 bridgehead atoms. The topological polar surface area (TPSA) is 75.3 Å². The molecule has 78 valence electrons. The van der Waals surface area contributed by atoms with Gasteiger partial charge in [0, 0.05) is 6.54 Å². The van der Waals surface area contributed by atoms with Gasteiger partial charge in [-0.15, -0.1) is 0 Å². The summed E-state index contributed by atoms with van der Waals surface area (Å²) < 4.78 is 46.5. The number of carbonyl (C=O) groups excluding carboxylic acids is 1. The van der Waals surface area contributed by atoms with Crippen molar-refractivity contribution in [2.45, 2.75) is 6.43 Å². The summed E-state index contributed by atoms with van der Waals surface area (Å²) in [4.78, 5) is 10.2. The molecular weight excluding hydrogens is 206 g/mol. The highest BCUT2D eigenvalue weighted by atomic mass is 32.2. The fourth-order valence-electron chi connectivity index (χ4n) is 0.488. The maximum absolute atomic E-state index is 11.6. The van der Waals surface area contributed by atoms with Crippen LogP contribution in [0.5, 0.6) is 0 Å². The van der Waals surface area contributed by atoms with E-state index in [1.54, 1.807) is 5.32 Å². The minimum Gasteiger partial charge on any atom is -0.350 e. The molecule has 0 radical (unpaired) electrons. The Morgan fingerprint density at radius 2 is 2.00 bits per heavy atom. The smallest absolute Gasteiger partial charge is 0.315 e. The molecule has 0 spiro atoms. The van der Waals surface area contributed by atoms with E-state index in [0.29, 0.717) is 0 Å². The molecule has 0 aromatic heterocycles. The van der Waals surface area contributed by atoms with Crippen LogP contribution < -0.4 is 10.0 Å². The average molecular weight is 216 g/mol. The van der Waals surface area contributed by atoms with Crippen molar-refractivity contribution in [1.82, 2.24) is 10.0 Å². The van der Waals surface area contributed by atoms with Gasteiger partial charge in [0.25, 0.3) is 5.91 Å². The monoisotopic (exact) mass is 216 g/mol. The summed E-state index contributed by atoms with van der Waals surface area (Å²) in [5, 5.41) is 1.76. The molecule has 0 rings (SSSR count). The van der Waals surface area contributed by atoms with Crippen molar-refractivity contribution in [1.29, 1.82) is 0 Å². The van der Waals surface area contributed by atoms with Crippen LogP contribution in [0.15, 0.2) is 0 Å². The fourth-order valence-corrected chi connectivity index (χ4v) is 1.06. The van der Waals surface area contributed by atoms with E-state index in [2.05, 4.69) is 0 Å². The van der Waals surface area contributed by atoms with Crippen LogP contribution in [0.4, 0.5) is 8.78 Å². The summed E-state index contributed by atoms with van der Waals surface area (Å²) in [6.07, 6.45) is -3.11. The Morgan fingerprint density at radius 3 is 2.38 bits per heavy atom. The second-order valence-electron chi connectivity index (χ2n) is 2.11. The molecule has 0 aromatic carbocycles. The van der Waals surface area contributed by atoms with Crippen molar-refractivity contribution in [3.63, 3.8) is 0 Å². The molecule has 0 unspecified atom stereocenters. The molecule has 0 saturated heterocycles. The van der Waals surface area contributed by atoms with Crippen molar-refractivity contribution in [3.05, 3.63) is 0 Å². The highest BCUT2D eigenvalue weighted by molar-refractivity contribution is 7.89. The molecule has 5 nitrogen and oxygen atoms in total. The number of carbonyl (C=O) groups is 1. The van der Waals surface area contributed by atoms with E-state index in [9.17, 15) is 22.0 Å². The first kappa shape index (κ1) is 12.2. The lowest BCUT2D eigenvalue weighted by Crippen LogP contribution is -2.35. The third kappa shape index (κ3) is 5.47. The number of halogens is 2. The summed E-state index contributed by atoms with van der Waals surface area (Å²) in [7, 11) is -2.25. The van der Waals surface area contributed by atoms with Crippen LogP contribution in [0.3, 0.4) is 0 Å². The molecule has 0 fully saturated rings. The van der Waals surface area contributed by atoms with E-state index in [4.69, 9.17) is 0 Å². The summed E-state index contributed by atoms with van der Waals surface area (Å²) >= 11 is 0. The predicted octanol–water partition coefficient (Wildman–Crippen LogP) is -1.08. The lowest BCUT2D eigenvalue weighted by molar-refractivity contribution is -0.131. The van der Waals surface area contributed by atoms with Gasteiger partial charge in [-0.3, -0.25) is 4.79 Å². The van der Waals surface area contributed by atoms with Gasteiger partial charge in [0.2, 0.25) is 10.0 Å². The second kappa shape index (κ2) is 5.07. The number of sulfonamides is 1. The molecule has 1 amide bonds. The first-order valence-corrected chi connectivity index (χ1v) is 5.01. The van der Waals surface area contributed by atoms with Gasteiger partial charge in [-0.2, -0.15) is 8.78 Å². The Labute approximate surface area is 74.6 Å². The van der Waals surface area contributed by atoms with E-state index in [1.165, 1.54) is 7.05 Å². The lowest BCUT2D eigenvalue weighted by Gasteiger charge is -2.04. The van der Waals surface area contributed by atoms with E-state index in [0.717, 1.165) is 0 Å². The fraction of sp³-hybridized carbons (Fsp3) is 0.800. The molecule has 0 aliphatic carbocycles. The van der Waals surface area contributed by atoms with Crippen molar-refractivity contribution in [3.8, 4) is 0 Å². The molecule has 0 aliphatic rings. The number of nitrogens with one attached hydrogen (secondary N) is 2. The van der Waals surface area contributed by atoms with Gasteiger partial charge in [-0.05, 0) is 7.05 Å². The molecule has 2 N–H and O–H groups in total. The van der Waals surface area contributed by atoms with Crippen LogP contribution in [-0.4, -0.2) is 40.1 Å². The lowest BCUT2D eigenvalue weighted by atomic mass is 10.6. The Bertz CT molecular complexity index is 265. The number of hydrogen-bond donors (Lipinski definition) is 2. The quantitative estimate of drug-likeness (QED) is 0.613. The number of hydrogen-bond acceptors (Lipinski definition) is 3. The third-order valence-corrected chi connectivity index (χ3v) is 2.54. The molecule has 0 aliphatic heterocycles. The molecule has 0 aromatic rings. The van der Waals surface area contributed by atoms with Crippen molar-refractivity contribution in [2.75, 3.05) is 19.3 Å². The minimum absolute atomic E-state index is 0.327. The van der Waals surface area contributed by atoms with Gasteiger partial charge in [0.05, 0.1) is 5.75 Å². The molecule has 0 saturated carbocycles. The van der Waals surface area contributed by atoms with Gasteiger partial charge in [-0.25, -0.2) is 13.1 Å². The summed E-state index contributed by atoms with van der Waals surface area (Å²) in [6, 6.07) is 0. The minimum atomic E-state index is -3.45. The average Bonchev–Trinajstić information content (AvgIpc) is 2.04. The van der Waals surface area contributed by atoms with E-state index >= 15 is 0 Å². The Hall–Kier alpha value is -0.760. The van der Waals surface area contributed by atoms with Crippen molar-refractivity contribution < 1.29 is 22.0 Å². The normalized spacial score (nSPS) is 11.7. The number of amides is 1. The second-order valence-corrected chi connectivity index (χ2v) is 4.16. The molecule has 8 heteroatoms. The summed E-state index contributed by atoms with van der Waals surface area (Å²) in [5.74, 6) is -1.88. The predicted molar refractivity (Wildman–Crippen MR) is 41.9 cm³/mol. The van der Waals surface area contributed by atoms with Gasteiger partial charge in [0.1, 0.15) is 0 Å². The molecule has 0 atom stereocenters. The Kier molecular flexibility index (Phi) is 4.78. The van der Waals surface area contributed by atoms with Gasteiger partial charge in [-0.1, -0.05) is 0 Å². The van der Waals surface area contributed by atoms with Gasteiger partial charge < -0.3 is 5.32 Å². The standard InChI is InChI=1S/C5H10F2N2O3S/c1-8-13(11,12)3-2-9-5(10)4(6)7/h4,8H,2-3H2,1H3,(H,9,10). The summed E-state index contributed by atoms with van der Waals surface area (Å²) in [5.41, 5.74) is 0. The largest absolute Gasteiger partial charge is 0.350 e. The maximum atomic E-state index is 11.6. The highest BCUT2D eigenvalue weighted by Crippen LogP contribution is 1.90. The first-order chi connectivity index (χ1) is 5.89. The van der Waals surface area contributed by atoms with Crippen LogP contribution in [0.1, 0.15) is 0 Å². The Morgan fingerprint density at radius 1 is 1.46 bits per heavy atom. The molecular formula is C5H10F2N2O3S. The maximum Gasteiger partial charge on any atom is 0.315 e. The highest BCUT2D eigenvalue weighted by Gasteiger charge is 2.15. The van der Waals surface area contributed by atoms with Crippen LogP contribution in [-0.2, 0) is 14.8 Å². The Balaban J connectivity index is 3.76.